The molecule has 0 amide bonds. The highest BCUT2D eigenvalue weighted by atomic mass is 35.5. The molecule has 0 spiro atoms. The first-order valence-electron chi connectivity index (χ1n) is 6.99. The normalized spacial score (nSPS) is 14.2. The van der Waals surface area contributed by atoms with Crippen LogP contribution >= 0.6 is 11.6 Å². The van der Waals surface area contributed by atoms with Crippen LogP contribution in [0.3, 0.4) is 0 Å². The van der Waals surface area contributed by atoms with Crippen LogP contribution < -0.4 is 0 Å². The topological polar surface area (TPSA) is 38.0 Å². The van der Waals surface area contributed by atoms with Crippen molar-refractivity contribution in [3.8, 4) is 0 Å². The average molecular weight is 293 g/mol. The van der Waals surface area contributed by atoms with E-state index in [2.05, 4.69) is 18.9 Å². The first-order chi connectivity index (χ1) is 9.51. The van der Waals surface area contributed by atoms with Crippen LogP contribution in [0.5, 0.6) is 0 Å². The zero-order valence-electron chi connectivity index (χ0n) is 12.2. The van der Waals surface area contributed by atoms with E-state index in [4.69, 9.17) is 11.6 Å². The Morgan fingerprint density at radius 3 is 2.75 bits per heavy atom. The summed E-state index contributed by atoms with van der Waals surface area (Å²) >= 11 is 6.00. The van der Waals surface area contributed by atoms with Gasteiger partial charge in [0.05, 0.1) is 11.8 Å². The third-order valence-electron chi connectivity index (χ3n) is 3.68. The van der Waals surface area contributed by atoms with Gasteiger partial charge in [-0.15, -0.1) is 0 Å². The Balaban J connectivity index is 2.09. The first kappa shape index (κ1) is 15.1. The van der Waals surface area contributed by atoms with Crippen LogP contribution in [-0.4, -0.2) is 14.9 Å². The highest BCUT2D eigenvalue weighted by molar-refractivity contribution is 6.31. The van der Waals surface area contributed by atoms with E-state index in [-0.39, 0.29) is 0 Å². The van der Waals surface area contributed by atoms with E-state index in [0.717, 1.165) is 28.3 Å². The zero-order valence-corrected chi connectivity index (χ0v) is 12.9. The molecular weight excluding hydrogens is 272 g/mol. The second kappa shape index (κ2) is 6.42. The van der Waals surface area contributed by atoms with Crippen molar-refractivity contribution >= 4 is 11.6 Å². The summed E-state index contributed by atoms with van der Waals surface area (Å²) in [5.74, 6) is 0. The molecule has 0 radical (unpaired) electrons. The molecule has 2 aromatic rings. The highest BCUT2D eigenvalue weighted by Crippen LogP contribution is 2.23. The van der Waals surface area contributed by atoms with Gasteiger partial charge in [0, 0.05) is 23.7 Å². The number of halogens is 1. The number of aromatic nitrogens is 2. The number of rotatable bonds is 5. The largest absolute Gasteiger partial charge is 0.388 e. The predicted octanol–water partition coefficient (Wildman–Crippen LogP) is 4.09. The van der Waals surface area contributed by atoms with Crippen molar-refractivity contribution in [3.63, 3.8) is 0 Å². The maximum absolute atomic E-state index is 10.3. The van der Waals surface area contributed by atoms with Crippen LogP contribution in [0.2, 0.25) is 5.02 Å². The fourth-order valence-electron chi connectivity index (χ4n) is 2.11. The SMILES string of the molecule is CCC(C)n1ccc(CC(O)c2ccc(Cl)c(C)c2)n1. The number of aliphatic hydroxyl groups is 1. The molecular formula is C16H21ClN2O. The molecule has 0 bridgehead atoms. The molecule has 1 heterocycles. The summed E-state index contributed by atoms with van der Waals surface area (Å²) in [6.07, 6.45) is 2.99. The molecule has 3 nitrogen and oxygen atoms in total. The minimum atomic E-state index is -0.550. The van der Waals surface area contributed by atoms with E-state index in [1.165, 1.54) is 0 Å². The van der Waals surface area contributed by atoms with Crippen molar-refractivity contribution in [2.45, 2.75) is 45.8 Å². The molecule has 0 saturated heterocycles. The summed E-state index contributed by atoms with van der Waals surface area (Å²) in [6, 6.07) is 7.98. The van der Waals surface area contributed by atoms with E-state index < -0.39 is 6.10 Å². The number of hydrogen-bond acceptors (Lipinski definition) is 2. The van der Waals surface area contributed by atoms with Gasteiger partial charge in [-0.1, -0.05) is 30.7 Å². The minimum absolute atomic E-state index is 0.388. The summed E-state index contributed by atoms with van der Waals surface area (Å²) in [5.41, 5.74) is 2.77. The quantitative estimate of drug-likeness (QED) is 0.901. The van der Waals surface area contributed by atoms with E-state index in [1.807, 2.05) is 42.1 Å². The summed E-state index contributed by atoms with van der Waals surface area (Å²) in [7, 11) is 0. The van der Waals surface area contributed by atoms with Gasteiger partial charge in [0.1, 0.15) is 0 Å². The van der Waals surface area contributed by atoms with Gasteiger partial charge in [-0.2, -0.15) is 5.10 Å². The molecule has 20 heavy (non-hydrogen) atoms. The standard InChI is InChI=1S/C16H21ClN2O/c1-4-12(3)19-8-7-14(18-19)10-16(20)13-5-6-15(17)11(2)9-13/h5-9,12,16,20H,4,10H2,1-3H3. The van der Waals surface area contributed by atoms with E-state index in [0.29, 0.717) is 12.5 Å². The molecule has 108 valence electrons. The van der Waals surface area contributed by atoms with Crippen LogP contribution in [0.4, 0.5) is 0 Å². The van der Waals surface area contributed by atoms with Crippen LogP contribution in [0, 0.1) is 6.92 Å². The Hall–Kier alpha value is -1.32. The molecule has 4 heteroatoms. The smallest absolute Gasteiger partial charge is 0.0846 e. The van der Waals surface area contributed by atoms with Crippen molar-refractivity contribution in [3.05, 3.63) is 52.3 Å². The second-order valence-corrected chi connectivity index (χ2v) is 5.68. The summed E-state index contributed by atoms with van der Waals surface area (Å²) in [6.45, 7) is 6.21. The lowest BCUT2D eigenvalue weighted by Crippen LogP contribution is -2.07. The maximum atomic E-state index is 10.3. The fraction of sp³-hybridized carbons (Fsp3) is 0.438. The number of hydrogen-bond donors (Lipinski definition) is 1. The summed E-state index contributed by atoms with van der Waals surface area (Å²) in [5, 5.41) is 15.5. The van der Waals surface area contributed by atoms with Crippen LogP contribution in [0.25, 0.3) is 0 Å². The molecule has 0 saturated carbocycles. The van der Waals surface area contributed by atoms with Gasteiger partial charge in [0.15, 0.2) is 0 Å². The van der Waals surface area contributed by atoms with E-state index in [1.54, 1.807) is 0 Å². The van der Waals surface area contributed by atoms with Gasteiger partial charge in [-0.3, -0.25) is 4.68 Å². The Bertz CT molecular complexity index is 580. The first-order valence-corrected chi connectivity index (χ1v) is 7.37. The van der Waals surface area contributed by atoms with Crippen LogP contribution in [0.1, 0.15) is 49.2 Å². The molecule has 0 fully saturated rings. The van der Waals surface area contributed by atoms with Crippen molar-refractivity contribution in [1.82, 2.24) is 9.78 Å². The number of aliphatic hydroxyl groups excluding tert-OH is 1. The molecule has 1 N–H and O–H groups in total. The Morgan fingerprint density at radius 2 is 2.10 bits per heavy atom. The lowest BCUT2D eigenvalue weighted by Gasteiger charge is -2.11. The van der Waals surface area contributed by atoms with Gasteiger partial charge < -0.3 is 5.11 Å². The highest BCUT2D eigenvalue weighted by Gasteiger charge is 2.12. The van der Waals surface area contributed by atoms with Gasteiger partial charge in [-0.25, -0.2) is 0 Å². The van der Waals surface area contributed by atoms with Gasteiger partial charge in [-0.05, 0) is 43.5 Å². The van der Waals surface area contributed by atoms with E-state index in [9.17, 15) is 5.11 Å². The number of aryl methyl sites for hydroxylation is 1. The Morgan fingerprint density at radius 1 is 1.35 bits per heavy atom. The predicted molar refractivity (Wildman–Crippen MR) is 82.1 cm³/mol. The molecule has 2 rings (SSSR count). The average Bonchev–Trinajstić information content (AvgIpc) is 2.89. The monoisotopic (exact) mass is 292 g/mol. The molecule has 1 aromatic carbocycles. The lowest BCUT2D eigenvalue weighted by molar-refractivity contribution is 0.176. The maximum Gasteiger partial charge on any atom is 0.0846 e. The van der Waals surface area contributed by atoms with Crippen molar-refractivity contribution in [2.75, 3.05) is 0 Å². The number of nitrogens with zero attached hydrogens (tertiary/aromatic N) is 2. The lowest BCUT2D eigenvalue weighted by atomic mass is 10.0. The molecule has 0 aliphatic carbocycles. The van der Waals surface area contributed by atoms with Crippen molar-refractivity contribution in [1.29, 1.82) is 0 Å². The summed E-state index contributed by atoms with van der Waals surface area (Å²) in [4.78, 5) is 0. The van der Waals surface area contributed by atoms with Crippen LogP contribution in [0.15, 0.2) is 30.5 Å². The Kier molecular flexibility index (Phi) is 4.84. The number of benzene rings is 1. The fourth-order valence-corrected chi connectivity index (χ4v) is 2.23. The van der Waals surface area contributed by atoms with Gasteiger partial charge >= 0.3 is 0 Å². The molecule has 2 unspecified atom stereocenters. The third kappa shape index (κ3) is 3.41. The van der Waals surface area contributed by atoms with E-state index >= 15 is 0 Å². The van der Waals surface area contributed by atoms with Gasteiger partial charge in [0.25, 0.3) is 0 Å². The third-order valence-corrected chi connectivity index (χ3v) is 4.10. The second-order valence-electron chi connectivity index (χ2n) is 5.27. The minimum Gasteiger partial charge on any atom is -0.388 e. The molecule has 2 atom stereocenters. The van der Waals surface area contributed by atoms with Gasteiger partial charge in [0.2, 0.25) is 0 Å². The van der Waals surface area contributed by atoms with Crippen molar-refractivity contribution < 1.29 is 5.11 Å². The Labute approximate surface area is 125 Å². The molecule has 1 aromatic heterocycles. The summed E-state index contributed by atoms with van der Waals surface area (Å²) < 4.78 is 1.95. The van der Waals surface area contributed by atoms with Crippen LogP contribution in [-0.2, 0) is 6.42 Å². The zero-order chi connectivity index (χ0) is 14.7. The van der Waals surface area contributed by atoms with Crippen molar-refractivity contribution in [2.24, 2.45) is 0 Å². The molecule has 0 aliphatic heterocycles. The molecule has 0 aliphatic rings.